The summed E-state index contributed by atoms with van der Waals surface area (Å²) in [5.41, 5.74) is 0. The molecule has 28 N–H and O–H groups in total. The fraction of sp³-hybridized carbons (Fsp3) is 0.922. The Bertz CT molecular complexity index is 3080. The van der Waals surface area contributed by atoms with Gasteiger partial charge in [-0.25, -0.2) is 0 Å². The molecule has 114 heavy (non-hydrogen) atoms. The third-order valence-electron chi connectivity index (χ3n) is 20.7. The van der Waals surface area contributed by atoms with Gasteiger partial charge in [0, 0.05) is 34.6 Å². The largest absolute Gasteiger partial charge is 0.394 e. The van der Waals surface area contributed by atoms with Crippen LogP contribution >= 0.6 is 0 Å². The van der Waals surface area contributed by atoms with Crippen LogP contribution in [0.15, 0.2) is 0 Å². The highest BCUT2D eigenvalue weighted by Crippen LogP contribution is 2.39. The molecule has 45 atom stereocenters. The molecular weight excluding hydrogens is 1560 g/mol. The van der Waals surface area contributed by atoms with Gasteiger partial charge in [0.05, 0.1) is 59.0 Å². The van der Waals surface area contributed by atoms with Gasteiger partial charge in [0.25, 0.3) is 0 Å². The second-order valence-electron chi connectivity index (χ2n) is 29.0. The van der Waals surface area contributed by atoms with Crippen LogP contribution in [-0.2, 0) is 104 Å². The zero-order chi connectivity index (χ0) is 84.1. The number of ether oxygens (including phenoxy) is 17. The van der Waals surface area contributed by atoms with Crippen molar-refractivity contribution in [1.82, 2.24) is 26.6 Å². The van der Waals surface area contributed by atoms with Gasteiger partial charge < -0.3 is 225 Å². The van der Waals surface area contributed by atoms with Crippen molar-refractivity contribution in [2.45, 2.75) is 318 Å². The van der Waals surface area contributed by atoms with Crippen LogP contribution in [0.3, 0.4) is 0 Å². The van der Waals surface area contributed by atoms with E-state index in [1.165, 1.54) is 6.92 Å². The van der Waals surface area contributed by atoms with Crippen LogP contribution < -0.4 is 26.6 Å². The number of hydrogen-bond donors (Lipinski definition) is 28. The third kappa shape index (κ3) is 21.2. The molecule has 0 aromatic rings. The van der Waals surface area contributed by atoms with E-state index in [4.69, 9.17) is 80.5 Å². The summed E-state index contributed by atoms with van der Waals surface area (Å²) in [7, 11) is 0. The highest BCUT2D eigenvalue weighted by atomic mass is 16.8. The molecule has 0 radical (unpaired) electrons. The van der Waals surface area contributed by atoms with Gasteiger partial charge in [-0.05, 0) is 6.92 Å². The predicted molar refractivity (Wildman–Crippen MR) is 354 cm³/mol. The Kier molecular flexibility index (Phi) is 33.6. The smallest absolute Gasteiger partial charge is 0.217 e. The molecule has 9 fully saturated rings. The highest BCUT2D eigenvalue weighted by molar-refractivity contribution is 5.75. The number of rotatable bonds is 29. The van der Waals surface area contributed by atoms with E-state index in [0.717, 1.165) is 34.6 Å². The fourth-order valence-electron chi connectivity index (χ4n) is 14.6. The van der Waals surface area contributed by atoms with Gasteiger partial charge in [-0.1, -0.05) is 0 Å². The summed E-state index contributed by atoms with van der Waals surface area (Å²) < 4.78 is 102. The van der Waals surface area contributed by atoms with Crippen molar-refractivity contribution in [1.29, 1.82) is 0 Å². The van der Waals surface area contributed by atoms with E-state index < -0.39 is 358 Å². The standard InChI is InChI=1S/C64H107N5O45/c1-15-34(80)46(92)49(95)61(101-15)99-14-28-52(44(90)29(56(97)102-28)65-16(2)75)110-60-33(69-20(6)79)45(91)51(25(11-74)107-60)111-62-50(96)53(112-64-55(47(93)38(84)24(10-73)106-64)114-59-32(68-19(5)78)43(89)37(83)23(9-72)105-59)40(86)27(108-62)13-100-63-54(113-58-31(67-18(4)77)42(88)36(82)22(8-71)104-58)48(94)39(85)26(109-63)12-98-57-30(66-17(3)76)41(87)35(81)21(7-70)103-57/h15,21-64,70-74,80-97H,7-14H2,1-6H3,(H,65,75)(H,66,76)(H,67,77)(H,68,78)(H,69,79)/t15-,21+,22+,23+,24+,25+,26+,27+,28+,29+,30+,31+,32+,33+,34+,35+,36+,37+,38+,39+,40+,41+,42+,43+,44+,45+,46-,47-,48-,49-,50-,51+,52+,53-,54-,55-,56?,57+,58-,59-,60-,61+,62-,63-,64+/m0/s1. The van der Waals surface area contributed by atoms with Crippen molar-refractivity contribution in [2.75, 3.05) is 52.9 Å². The number of hydrogen-bond acceptors (Lipinski definition) is 45. The minimum absolute atomic E-state index is 0.797. The van der Waals surface area contributed by atoms with Gasteiger partial charge in [0.15, 0.2) is 56.6 Å². The zero-order valence-electron chi connectivity index (χ0n) is 61.9. The Morgan fingerprint density at radius 1 is 0.246 bits per heavy atom. The minimum atomic E-state index is -2.58. The summed E-state index contributed by atoms with van der Waals surface area (Å²) >= 11 is 0. The highest BCUT2D eigenvalue weighted by Gasteiger charge is 2.60. The van der Waals surface area contributed by atoms with Crippen LogP contribution in [0.25, 0.3) is 0 Å². The molecule has 0 saturated carbocycles. The van der Waals surface area contributed by atoms with Gasteiger partial charge >= 0.3 is 0 Å². The van der Waals surface area contributed by atoms with Gasteiger partial charge in [0.1, 0.15) is 213 Å². The first kappa shape index (κ1) is 93.6. The molecule has 9 aliphatic heterocycles. The summed E-state index contributed by atoms with van der Waals surface area (Å²) in [5.74, 6) is -4.37. The minimum Gasteiger partial charge on any atom is -0.394 e. The predicted octanol–water partition coefficient (Wildman–Crippen LogP) is -18.9. The van der Waals surface area contributed by atoms with E-state index in [1.807, 2.05) is 0 Å². The van der Waals surface area contributed by atoms with Crippen LogP contribution in [-0.4, -0.2) is 476 Å². The molecule has 0 aromatic heterocycles. The van der Waals surface area contributed by atoms with Gasteiger partial charge in [-0.2, -0.15) is 0 Å². The topological polar surface area (TPSA) is 768 Å². The summed E-state index contributed by atoms with van der Waals surface area (Å²) in [5, 5.41) is 270. The SMILES string of the molecule is CC(=O)N[C@H]1[C@H](O[C@H]2[C@H](O)[C@@H](NC(C)=O)C(O)O[C@@H]2CO[C@@H]2O[C@@H](C)[C@@H](O)[C@H](O)[C@@H]2O)O[C@H](CO)[C@@H](O[C@@H]2O[C@H](CO[C@H]3O[C@H](CO[C@@H]4O[C@H](CO)[C@@H](O)[C@H](O)[C@H]4NC(C)=O)[C@@H](O)[C@H](O)[C@@H]3O[C@@H]3O[C@H](CO)[C@@H](O)[C@H](O)[C@H]3NC(C)=O)[C@@H](O)[C@H](O[C@H]3O[C@H](CO)[C@@H](O)[C@H](O)[C@@H]3O[C@@H]3O[C@H](CO)[C@@H](O)[C@H](O)[C@H]3NC(C)=O)[C@@H]2O)[C@@H]1O. The van der Waals surface area contributed by atoms with Crippen molar-refractivity contribution in [3.8, 4) is 0 Å². The van der Waals surface area contributed by atoms with Crippen LogP contribution in [0.4, 0.5) is 0 Å². The van der Waals surface area contributed by atoms with E-state index in [0.29, 0.717) is 0 Å². The Morgan fingerprint density at radius 3 is 1.02 bits per heavy atom. The number of amides is 5. The van der Waals surface area contributed by atoms with Crippen LogP contribution in [0.1, 0.15) is 41.5 Å². The van der Waals surface area contributed by atoms with Crippen molar-refractivity contribution < 1.29 is 222 Å². The molecule has 9 saturated heterocycles. The zero-order valence-corrected chi connectivity index (χ0v) is 61.9. The van der Waals surface area contributed by atoms with E-state index in [2.05, 4.69) is 26.6 Å². The maximum atomic E-state index is 13.2. The lowest BCUT2D eigenvalue weighted by molar-refractivity contribution is -0.396. The first-order valence-corrected chi connectivity index (χ1v) is 36.5. The van der Waals surface area contributed by atoms with Gasteiger partial charge in [-0.15, -0.1) is 0 Å². The molecule has 0 aliphatic carbocycles. The summed E-state index contributed by atoms with van der Waals surface area (Å²) in [6, 6.07) is -8.98. The fourth-order valence-corrected chi connectivity index (χ4v) is 14.6. The number of carbonyl (C=O) groups is 5. The molecular formula is C64H107N5O45. The summed E-state index contributed by atoms with van der Waals surface area (Å²) in [6.45, 7) is -2.21. The Hall–Kier alpha value is -4.25. The molecule has 9 rings (SSSR count). The normalized spacial score (nSPS) is 48.2. The van der Waals surface area contributed by atoms with Gasteiger partial charge in [0.2, 0.25) is 29.5 Å². The molecule has 658 valence electrons. The van der Waals surface area contributed by atoms with Crippen molar-refractivity contribution >= 4 is 29.5 Å². The van der Waals surface area contributed by atoms with E-state index in [9.17, 15) is 141 Å². The maximum Gasteiger partial charge on any atom is 0.217 e. The Balaban J connectivity index is 1.08. The number of aliphatic hydroxyl groups is 23. The number of carbonyl (C=O) groups excluding carboxylic acids is 5. The summed E-state index contributed by atoms with van der Waals surface area (Å²) in [6.07, 6.45) is -81.5. The van der Waals surface area contributed by atoms with Crippen molar-refractivity contribution in [3.63, 3.8) is 0 Å². The lowest BCUT2D eigenvalue weighted by atomic mass is 9.93. The molecule has 0 bridgehead atoms. The maximum absolute atomic E-state index is 13.2. The lowest BCUT2D eigenvalue weighted by Gasteiger charge is -2.51. The molecule has 0 aromatic carbocycles. The first-order valence-electron chi connectivity index (χ1n) is 36.5. The quantitative estimate of drug-likeness (QED) is 0.0331. The van der Waals surface area contributed by atoms with Crippen LogP contribution in [0, 0.1) is 0 Å². The molecule has 9 heterocycles. The number of nitrogens with one attached hydrogen (secondary N) is 5. The second kappa shape index (κ2) is 40.9. The average molecular weight is 1670 g/mol. The second-order valence-corrected chi connectivity index (χ2v) is 29.0. The van der Waals surface area contributed by atoms with E-state index in [-0.39, 0.29) is 0 Å². The van der Waals surface area contributed by atoms with Crippen molar-refractivity contribution in [3.05, 3.63) is 0 Å². The molecule has 50 nitrogen and oxygen atoms in total. The van der Waals surface area contributed by atoms with Gasteiger partial charge in [-0.3, -0.25) is 24.0 Å². The molecule has 5 amide bonds. The molecule has 50 heteroatoms. The lowest BCUT2D eigenvalue weighted by Crippen LogP contribution is -2.71. The Morgan fingerprint density at radius 2 is 0.553 bits per heavy atom. The Labute approximate surface area is 646 Å². The first-order chi connectivity index (χ1) is 53.8. The molecule has 1 unspecified atom stereocenters. The number of aliphatic hydroxyl groups excluding tert-OH is 23. The average Bonchev–Trinajstić information content (AvgIpc) is 0.769. The van der Waals surface area contributed by atoms with E-state index >= 15 is 0 Å². The van der Waals surface area contributed by atoms with Crippen molar-refractivity contribution in [2.24, 2.45) is 0 Å². The molecule has 0 spiro atoms. The van der Waals surface area contributed by atoms with E-state index in [1.54, 1.807) is 0 Å². The summed E-state index contributed by atoms with van der Waals surface area (Å²) in [4.78, 5) is 63.2. The van der Waals surface area contributed by atoms with Crippen LogP contribution in [0.5, 0.6) is 0 Å². The monoisotopic (exact) mass is 1670 g/mol. The third-order valence-corrected chi connectivity index (χ3v) is 20.7. The molecule has 9 aliphatic rings. The van der Waals surface area contributed by atoms with Crippen LogP contribution in [0.2, 0.25) is 0 Å².